The van der Waals surface area contributed by atoms with E-state index in [2.05, 4.69) is 43.5 Å². The molecule has 0 aliphatic heterocycles. The molecule has 0 aliphatic rings. The molecule has 5 nitrogen and oxygen atoms in total. The van der Waals surface area contributed by atoms with Crippen molar-refractivity contribution in [3.63, 3.8) is 0 Å². The number of hydrogen-bond acceptors (Lipinski definition) is 4. The van der Waals surface area contributed by atoms with Gasteiger partial charge in [0.15, 0.2) is 0 Å². The van der Waals surface area contributed by atoms with Gasteiger partial charge >= 0.3 is 0 Å². The summed E-state index contributed by atoms with van der Waals surface area (Å²) in [7, 11) is 0. The number of nitrogens with one attached hydrogen (secondary N) is 1. The van der Waals surface area contributed by atoms with Gasteiger partial charge in [-0.25, -0.2) is 0 Å². The second kappa shape index (κ2) is 42.3. The standard InChI is InChI=1S/C47H89NO4/c1-3-5-7-9-11-13-15-16-17-18-19-20-21-22-23-24-25-26-27-28-29-30-32-34-36-38-40-42-46(51)47(52)48-44(43-49)45(50)41-39-37-35-33-31-14-12-10-8-6-4-2/h8,10,31,33,39,41,44-46,49-51H,3-7,9,11-30,32,34-38,40,42-43H2,1-2H3,(H,48,52)/b10-8+,33-31+,41-39+. The highest BCUT2D eigenvalue weighted by Crippen LogP contribution is 2.16. The topological polar surface area (TPSA) is 89.8 Å². The van der Waals surface area contributed by atoms with Gasteiger partial charge in [0.05, 0.1) is 18.8 Å². The number of aliphatic hydroxyl groups excluding tert-OH is 3. The fraction of sp³-hybridized carbons (Fsp3) is 0.851. The smallest absolute Gasteiger partial charge is 0.249 e. The van der Waals surface area contributed by atoms with Crippen LogP contribution in [0.25, 0.3) is 0 Å². The Balaban J connectivity index is 3.55. The molecule has 0 saturated heterocycles. The van der Waals surface area contributed by atoms with E-state index in [0.717, 1.165) is 51.4 Å². The number of unbranched alkanes of at least 4 members (excludes halogenated alkanes) is 29. The lowest BCUT2D eigenvalue weighted by Gasteiger charge is -2.21. The molecule has 0 aromatic carbocycles. The van der Waals surface area contributed by atoms with Gasteiger partial charge < -0.3 is 20.6 Å². The van der Waals surface area contributed by atoms with Crippen LogP contribution in [0.2, 0.25) is 0 Å². The van der Waals surface area contributed by atoms with Crippen LogP contribution in [0, 0.1) is 0 Å². The minimum absolute atomic E-state index is 0.380. The third kappa shape index (κ3) is 36.9. The molecule has 0 fully saturated rings. The summed E-state index contributed by atoms with van der Waals surface area (Å²) in [6.45, 7) is 4.10. The minimum atomic E-state index is -1.11. The summed E-state index contributed by atoms with van der Waals surface area (Å²) in [5.41, 5.74) is 0. The van der Waals surface area contributed by atoms with Gasteiger partial charge in [0, 0.05) is 0 Å². The summed E-state index contributed by atoms with van der Waals surface area (Å²) in [4.78, 5) is 12.4. The second-order valence-electron chi connectivity index (χ2n) is 15.6. The van der Waals surface area contributed by atoms with Gasteiger partial charge in [-0.15, -0.1) is 0 Å². The van der Waals surface area contributed by atoms with Crippen molar-refractivity contribution in [2.45, 2.75) is 250 Å². The zero-order valence-corrected chi connectivity index (χ0v) is 34.7. The van der Waals surface area contributed by atoms with E-state index in [4.69, 9.17) is 0 Å². The van der Waals surface area contributed by atoms with Crippen molar-refractivity contribution in [3.05, 3.63) is 36.5 Å². The summed E-state index contributed by atoms with van der Waals surface area (Å²) in [6, 6.07) is -0.817. The number of amides is 1. The van der Waals surface area contributed by atoms with E-state index >= 15 is 0 Å². The van der Waals surface area contributed by atoms with Gasteiger partial charge in [0.2, 0.25) is 5.91 Å². The Kier molecular flexibility index (Phi) is 41.1. The predicted octanol–water partition coefficient (Wildman–Crippen LogP) is 13.2. The molecule has 4 N–H and O–H groups in total. The summed E-state index contributed by atoms with van der Waals surface area (Å²) < 4.78 is 0. The van der Waals surface area contributed by atoms with Crippen LogP contribution in [-0.2, 0) is 4.79 Å². The molecule has 0 saturated carbocycles. The fourth-order valence-corrected chi connectivity index (χ4v) is 6.87. The van der Waals surface area contributed by atoms with Crippen LogP contribution in [-0.4, -0.2) is 46.1 Å². The van der Waals surface area contributed by atoms with Gasteiger partial charge in [-0.1, -0.05) is 230 Å². The highest BCUT2D eigenvalue weighted by atomic mass is 16.3. The summed E-state index contributed by atoms with van der Waals surface area (Å²) in [5.74, 6) is -0.516. The van der Waals surface area contributed by atoms with Gasteiger partial charge in [-0.05, 0) is 38.5 Å². The number of allylic oxidation sites excluding steroid dienone is 5. The van der Waals surface area contributed by atoms with Crippen molar-refractivity contribution in [1.82, 2.24) is 5.32 Å². The summed E-state index contributed by atoms with van der Waals surface area (Å²) >= 11 is 0. The van der Waals surface area contributed by atoms with E-state index < -0.39 is 24.2 Å². The van der Waals surface area contributed by atoms with E-state index in [1.807, 2.05) is 6.08 Å². The van der Waals surface area contributed by atoms with Crippen LogP contribution in [0.1, 0.15) is 232 Å². The Bertz CT molecular complexity index is 809. The molecule has 1 amide bonds. The number of hydrogen-bond donors (Lipinski definition) is 4. The molecule has 52 heavy (non-hydrogen) atoms. The first kappa shape index (κ1) is 50.6. The van der Waals surface area contributed by atoms with Gasteiger partial charge in [-0.2, -0.15) is 0 Å². The maximum absolute atomic E-state index is 12.4. The maximum atomic E-state index is 12.4. The largest absolute Gasteiger partial charge is 0.394 e. The molecule has 3 atom stereocenters. The van der Waals surface area contributed by atoms with E-state index in [9.17, 15) is 20.1 Å². The van der Waals surface area contributed by atoms with Crippen LogP contribution < -0.4 is 5.32 Å². The molecular weight excluding hydrogens is 643 g/mol. The second-order valence-corrected chi connectivity index (χ2v) is 15.6. The molecule has 0 aliphatic carbocycles. The summed E-state index contributed by atoms with van der Waals surface area (Å²) in [5, 5.41) is 33.0. The highest BCUT2D eigenvalue weighted by Gasteiger charge is 2.22. The number of carbonyl (C=O) groups excluding carboxylic acids is 1. The average molecular weight is 732 g/mol. The first-order valence-corrected chi connectivity index (χ1v) is 22.8. The van der Waals surface area contributed by atoms with Gasteiger partial charge in [0.1, 0.15) is 6.10 Å². The van der Waals surface area contributed by atoms with E-state index in [0.29, 0.717) is 6.42 Å². The predicted molar refractivity (Wildman–Crippen MR) is 227 cm³/mol. The average Bonchev–Trinajstić information content (AvgIpc) is 3.15. The molecule has 0 heterocycles. The Morgan fingerprint density at radius 2 is 0.788 bits per heavy atom. The van der Waals surface area contributed by atoms with Crippen LogP contribution in [0.4, 0.5) is 0 Å². The van der Waals surface area contributed by atoms with Crippen LogP contribution >= 0.6 is 0 Å². The third-order valence-electron chi connectivity index (χ3n) is 10.4. The van der Waals surface area contributed by atoms with Gasteiger partial charge in [-0.3, -0.25) is 4.79 Å². The molecule has 0 radical (unpaired) electrons. The number of aliphatic hydroxyl groups is 3. The molecule has 5 heteroatoms. The highest BCUT2D eigenvalue weighted by molar-refractivity contribution is 5.80. The van der Waals surface area contributed by atoms with Crippen LogP contribution in [0.3, 0.4) is 0 Å². The minimum Gasteiger partial charge on any atom is -0.394 e. The third-order valence-corrected chi connectivity index (χ3v) is 10.4. The first-order valence-electron chi connectivity index (χ1n) is 22.8. The number of carbonyl (C=O) groups is 1. The van der Waals surface area contributed by atoms with E-state index in [-0.39, 0.29) is 6.61 Å². The molecule has 306 valence electrons. The lowest BCUT2D eigenvalue weighted by molar-refractivity contribution is -0.131. The van der Waals surface area contributed by atoms with E-state index in [1.54, 1.807) is 6.08 Å². The van der Waals surface area contributed by atoms with Crippen molar-refractivity contribution < 1.29 is 20.1 Å². The Morgan fingerprint density at radius 1 is 0.462 bits per heavy atom. The van der Waals surface area contributed by atoms with Crippen LogP contribution in [0.5, 0.6) is 0 Å². The Labute approximate surface area is 324 Å². The van der Waals surface area contributed by atoms with Gasteiger partial charge in [0.25, 0.3) is 0 Å². The summed E-state index contributed by atoms with van der Waals surface area (Å²) in [6.07, 6.45) is 53.5. The van der Waals surface area contributed by atoms with Crippen molar-refractivity contribution in [2.75, 3.05) is 6.61 Å². The SMILES string of the molecule is CCC/C=C/CC/C=C/CC/C=C/C(O)C(CO)NC(=O)C(O)CCCCCCCCCCCCCCCCCCCCCCCCCCCCC. The zero-order chi connectivity index (χ0) is 38.0. The Morgan fingerprint density at radius 3 is 1.13 bits per heavy atom. The van der Waals surface area contributed by atoms with Crippen molar-refractivity contribution in [3.8, 4) is 0 Å². The monoisotopic (exact) mass is 732 g/mol. The van der Waals surface area contributed by atoms with Crippen molar-refractivity contribution in [1.29, 1.82) is 0 Å². The number of rotatable bonds is 41. The normalized spacial score (nSPS) is 13.9. The lowest BCUT2D eigenvalue weighted by Crippen LogP contribution is -2.48. The molecule has 0 spiro atoms. The van der Waals surface area contributed by atoms with Crippen molar-refractivity contribution >= 4 is 5.91 Å². The molecule has 0 rings (SSSR count). The zero-order valence-electron chi connectivity index (χ0n) is 34.7. The van der Waals surface area contributed by atoms with E-state index in [1.165, 1.54) is 161 Å². The maximum Gasteiger partial charge on any atom is 0.249 e. The lowest BCUT2D eigenvalue weighted by atomic mass is 10.0. The molecule has 0 aromatic rings. The molecule has 0 bridgehead atoms. The Hall–Kier alpha value is -1.43. The molecule has 3 unspecified atom stereocenters. The molecular formula is C47H89NO4. The van der Waals surface area contributed by atoms with Crippen LogP contribution in [0.15, 0.2) is 36.5 Å². The van der Waals surface area contributed by atoms with Crippen molar-refractivity contribution in [2.24, 2.45) is 0 Å². The first-order chi connectivity index (χ1) is 25.6. The fourth-order valence-electron chi connectivity index (χ4n) is 6.87. The molecule has 0 aromatic heterocycles. The quantitative estimate of drug-likeness (QED) is 0.0372.